The van der Waals surface area contributed by atoms with Crippen molar-refractivity contribution < 1.29 is 19.5 Å². The molecule has 3 rings (SSSR count). The van der Waals surface area contributed by atoms with Gasteiger partial charge in [-0.05, 0) is 56.9 Å². The lowest BCUT2D eigenvalue weighted by Crippen LogP contribution is -2.52. The first-order valence-electron chi connectivity index (χ1n) is 9.45. The Morgan fingerprint density at radius 1 is 1.04 bits per heavy atom. The summed E-state index contributed by atoms with van der Waals surface area (Å²) in [4.78, 5) is 40.6. The standard InChI is InChI=1S/C20H25ClN2O4/c1-13-4-5-16(20(26)27)12-23(13)19(25)15-3-2-10-22(11-15)18(24)14-6-8-17(21)9-7-14/h6-9,13,15-16H,2-5,10-12H2,1H3,(H,26,27). The first kappa shape index (κ1) is 19.7. The molecule has 3 unspecified atom stereocenters. The van der Waals surface area contributed by atoms with Crippen LogP contribution in [0.15, 0.2) is 24.3 Å². The summed E-state index contributed by atoms with van der Waals surface area (Å²) in [6, 6.07) is 6.79. The summed E-state index contributed by atoms with van der Waals surface area (Å²) in [5.74, 6) is -1.74. The number of aliphatic carboxylic acids is 1. The van der Waals surface area contributed by atoms with Gasteiger partial charge in [-0.2, -0.15) is 0 Å². The van der Waals surface area contributed by atoms with E-state index >= 15 is 0 Å². The Kier molecular flexibility index (Phi) is 6.05. The van der Waals surface area contributed by atoms with Crippen molar-refractivity contribution in [2.24, 2.45) is 11.8 Å². The first-order valence-corrected chi connectivity index (χ1v) is 9.82. The van der Waals surface area contributed by atoms with Crippen molar-refractivity contribution in [2.45, 2.75) is 38.6 Å². The van der Waals surface area contributed by atoms with E-state index in [-0.39, 0.29) is 30.3 Å². The number of amides is 2. The Morgan fingerprint density at radius 3 is 2.41 bits per heavy atom. The number of halogens is 1. The number of carbonyl (C=O) groups excluding carboxylic acids is 2. The van der Waals surface area contributed by atoms with E-state index in [2.05, 4.69) is 0 Å². The average molecular weight is 393 g/mol. The van der Waals surface area contributed by atoms with E-state index in [9.17, 15) is 19.5 Å². The van der Waals surface area contributed by atoms with E-state index in [1.165, 1.54) is 0 Å². The predicted octanol–water partition coefficient (Wildman–Crippen LogP) is 2.90. The minimum atomic E-state index is -0.845. The lowest BCUT2D eigenvalue weighted by Gasteiger charge is -2.40. The van der Waals surface area contributed by atoms with Gasteiger partial charge >= 0.3 is 5.97 Å². The second-order valence-corrected chi connectivity index (χ2v) is 7.99. The number of hydrogen-bond acceptors (Lipinski definition) is 3. The molecule has 2 fully saturated rings. The van der Waals surface area contributed by atoms with Crippen molar-refractivity contribution in [3.63, 3.8) is 0 Å². The van der Waals surface area contributed by atoms with Gasteiger partial charge in [-0.3, -0.25) is 14.4 Å². The van der Waals surface area contributed by atoms with E-state index in [1.54, 1.807) is 34.1 Å². The van der Waals surface area contributed by atoms with Gasteiger partial charge in [0.2, 0.25) is 5.91 Å². The Labute approximate surface area is 164 Å². The fourth-order valence-electron chi connectivity index (χ4n) is 3.99. The minimum absolute atomic E-state index is 0.0259. The van der Waals surface area contributed by atoms with Crippen molar-refractivity contribution in [1.29, 1.82) is 0 Å². The molecule has 2 saturated heterocycles. The number of piperidine rings is 2. The van der Waals surface area contributed by atoms with Crippen LogP contribution in [-0.4, -0.2) is 58.4 Å². The molecular weight excluding hydrogens is 368 g/mol. The molecule has 1 N–H and O–H groups in total. The largest absolute Gasteiger partial charge is 0.481 e. The van der Waals surface area contributed by atoms with Crippen LogP contribution in [0.5, 0.6) is 0 Å². The molecule has 0 saturated carbocycles. The molecular formula is C20H25ClN2O4. The van der Waals surface area contributed by atoms with Crippen molar-refractivity contribution in [2.75, 3.05) is 19.6 Å². The number of benzene rings is 1. The molecule has 3 atom stereocenters. The SMILES string of the molecule is CC1CCC(C(=O)O)CN1C(=O)C1CCCN(C(=O)c2ccc(Cl)cc2)C1. The Morgan fingerprint density at radius 2 is 1.74 bits per heavy atom. The van der Waals surface area contributed by atoms with Crippen molar-refractivity contribution in [3.05, 3.63) is 34.9 Å². The fourth-order valence-corrected chi connectivity index (χ4v) is 4.11. The van der Waals surface area contributed by atoms with Crippen LogP contribution < -0.4 is 0 Å². The van der Waals surface area contributed by atoms with Gasteiger partial charge in [0.1, 0.15) is 0 Å². The van der Waals surface area contributed by atoms with Gasteiger partial charge in [-0.25, -0.2) is 0 Å². The van der Waals surface area contributed by atoms with Gasteiger partial charge in [0.15, 0.2) is 0 Å². The highest BCUT2D eigenvalue weighted by molar-refractivity contribution is 6.30. The summed E-state index contributed by atoms with van der Waals surface area (Å²) >= 11 is 5.88. The lowest BCUT2D eigenvalue weighted by atomic mass is 9.90. The summed E-state index contributed by atoms with van der Waals surface area (Å²) in [5, 5.41) is 9.87. The van der Waals surface area contributed by atoms with Crippen LogP contribution >= 0.6 is 11.6 Å². The maximum atomic E-state index is 13.1. The van der Waals surface area contributed by atoms with Crippen LogP contribution in [0.4, 0.5) is 0 Å². The van der Waals surface area contributed by atoms with Gasteiger partial charge < -0.3 is 14.9 Å². The molecule has 7 heteroatoms. The van der Waals surface area contributed by atoms with Crippen LogP contribution in [0.2, 0.25) is 5.02 Å². The number of hydrogen-bond donors (Lipinski definition) is 1. The number of nitrogens with zero attached hydrogens (tertiary/aromatic N) is 2. The number of likely N-dealkylation sites (tertiary alicyclic amines) is 2. The minimum Gasteiger partial charge on any atom is -0.481 e. The number of carboxylic acid groups (broad SMARTS) is 1. The molecule has 2 heterocycles. The maximum Gasteiger partial charge on any atom is 0.308 e. The Bertz CT molecular complexity index is 721. The summed E-state index contributed by atoms with van der Waals surface area (Å²) in [6.45, 7) is 3.23. The van der Waals surface area contributed by atoms with Gasteiger partial charge in [-0.1, -0.05) is 11.6 Å². The van der Waals surface area contributed by atoms with E-state index in [0.29, 0.717) is 36.5 Å². The Hall–Kier alpha value is -2.08. The van der Waals surface area contributed by atoms with E-state index in [1.807, 2.05) is 6.92 Å². The number of carbonyl (C=O) groups is 3. The zero-order valence-corrected chi connectivity index (χ0v) is 16.2. The zero-order valence-electron chi connectivity index (χ0n) is 15.4. The molecule has 0 radical (unpaired) electrons. The van der Waals surface area contributed by atoms with Crippen molar-refractivity contribution in [3.8, 4) is 0 Å². The van der Waals surface area contributed by atoms with Crippen LogP contribution in [0, 0.1) is 11.8 Å². The highest BCUT2D eigenvalue weighted by atomic mass is 35.5. The molecule has 2 aliphatic heterocycles. The number of carboxylic acids is 1. The normalized spacial score (nSPS) is 25.9. The average Bonchev–Trinajstić information content (AvgIpc) is 2.68. The highest BCUT2D eigenvalue weighted by Gasteiger charge is 2.37. The smallest absolute Gasteiger partial charge is 0.308 e. The quantitative estimate of drug-likeness (QED) is 0.857. The van der Waals surface area contributed by atoms with Crippen molar-refractivity contribution >= 4 is 29.4 Å². The molecule has 6 nitrogen and oxygen atoms in total. The monoisotopic (exact) mass is 392 g/mol. The lowest BCUT2D eigenvalue weighted by molar-refractivity contribution is -0.149. The topological polar surface area (TPSA) is 77.9 Å². The maximum absolute atomic E-state index is 13.1. The predicted molar refractivity (Wildman–Crippen MR) is 102 cm³/mol. The third-order valence-electron chi connectivity index (χ3n) is 5.66. The molecule has 1 aromatic rings. The molecule has 1 aromatic carbocycles. The van der Waals surface area contributed by atoms with Crippen molar-refractivity contribution in [1.82, 2.24) is 9.80 Å². The molecule has 0 bridgehead atoms. The second-order valence-electron chi connectivity index (χ2n) is 7.55. The molecule has 2 amide bonds. The molecule has 0 spiro atoms. The van der Waals surface area contributed by atoms with Gasteiger partial charge in [-0.15, -0.1) is 0 Å². The molecule has 0 aliphatic carbocycles. The second kappa shape index (κ2) is 8.30. The van der Waals surface area contributed by atoms with Gasteiger partial charge in [0.25, 0.3) is 5.91 Å². The summed E-state index contributed by atoms with van der Waals surface area (Å²) in [6.07, 6.45) is 2.79. The van der Waals surface area contributed by atoms with Crippen LogP contribution in [0.25, 0.3) is 0 Å². The molecule has 27 heavy (non-hydrogen) atoms. The Balaban J connectivity index is 1.67. The van der Waals surface area contributed by atoms with E-state index < -0.39 is 11.9 Å². The van der Waals surface area contributed by atoms with E-state index in [0.717, 1.165) is 12.8 Å². The number of rotatable bonds is 3. The summed E-state index contributed by atoms with van der Waals surface area (Å²) < 4.78 is 0. The third-order valence-corrected chi connectivity index (χ3v) is 5.92. The first-order chi connectivity index (χ1) is 12.9. The summed E-state index contributed by atoms with van der Waals surface area (Å²) in [7, 11) is 0. The molecule has 2 aliphatic rings. The van der Waals surface area contributed by atoms with Crippen LogP contribution in [0.3, 0.4) is 0 Å². The highest BCUT2D eigenvalue weighted by Crippen LogP contribution is 2.27. The molecule has 0 aromatic heterocycles. The van der Waals surface area contributed by atoms with Gasteiger partial charge in [0.05, 0.1) is 11.8 Å². The van der Waals surface area contributed by atoms with Crippen LogP contribution in [-0.2, 0) is 9.59 Å². The zero-order chi connectivity index (χ0) is 19.6. The fraction of sp³-hybridized carbons (Fsp3) is 0.550. The third kappa shape index (κ3) is 4.43. The molecule has 146 valence electrons. The van der Waals surface area contributed by atoms with Crippen LogP contribution in [0.1, 0.15) is 43.0 Å². The summed E-state index contributed by atoms with van der Waals surface area (Å²) in [5.41, 5.74) is 0.560. The van der Waals surface area contributed by atoms with E-state index in [4.69, 9.17) is 11.6 Å². The van der Waals surface area contributed by atoms with Gasteiger partial charge in [0, 0.05) is 36.3 Å².